The highest BCUT2D eigenvalue weighted by atomic mass is 16.7. The van der Waals surface area contributed by atoms with Gasteiger partial charge in [0, 0.05) is 25.2 Å². The van der Waals surface area contributed by atoms with Gasteiger partial charge in [-0.3, -0.25) is 9.59 Å². The van der Waals surface area contributed by atoms with Gasteiger partial charge in [0.25, 0.3) is 0 Å². The third-order valence-corrected chi connectivity index (χ3v) is 6.04. The fourth-order valence-corrected chi connectivity index (χ4v) is 4.30. The molecular weight excluding hydrogens is 368 g/mol. The van der Waals surface area contributed by atoms with E-state index >= 15 is 0 Å². The van der Waals surface area contributed by atoms with Crippen LogP contribution in [0.4, 0.5) is 0 Å². The van der Waals surface area contributed by atoms with Crippen molar-refractivity contribution in [2.45, 2.75) is 89.8 Å². The van der Waals surface area contributed by atoms with Gasteiger partial charge in [0.2, 0.25) is 0 Å². The molecule has 1 saturated heterocycles. The summed E-state index contributed by atoms with van der Waals surface area (Å²) in [6.45, 7) is 3.55. The zero-order valence-electron chi connectivity index (χ0n) is 17.9. The van der Waals surface area contributed by atoms with E-state index in [1.165, 1.54) is 25.7 Å². The maximum atomic E-state index is 12.3. The summed E-state index contributed by atoms with van der Waals surface area (Å²) in [7, 11) is 0. The average molecular weight is 407 g/mol. The highest BCUT2D eigenvalue weighted by Gasteiger charge is 2.38. The lowest BCUT2D eigenvalue weighted by Gasteiger charge is -2.29. The van der Waals surface area contributed by atoms with Gasteiger partial charge in [-0.05, 0) is 44.1 Å². The molecule has 1 N–H and O–H groups in total. The molecule has 1 aliphatic heterocycles. The summed E-state index contributed by atoms with van der Waals surface area (Å²) in [5.74, 6) is -0.788. The molecule has 0 aromatic carbocycles. The fraction of sp³-hybridized carbons (Fsp3) is 0.750. The van der Waals surface area contributed by atoms with Crippen LogP contribution in [0.2, 0.25) is 0 Å². The van der Waals surface area contributed by atoms with Gasteiger partial charge in [-0.1, -0.05) is 50.8 Å². The van der Waals surface area contributed by atoms with Crippen molar-refractivity contribution in [1.82, 2.24) is 0 Å². The largest absolute Gasteiger partial charge is 0.481 e. The summed E-state index contributed by atoms with van der Waals surface area (Å²) in [4.78, 5) is 22.8. The second-order valence-electron chi connectivity index (χ2n) is 8.34. The summed E-state index contributed by atoms with van der Waals surface area (Å²) >= 11 is 0. The van der Waals surface area contributed by atoms with Crippen molar-refractivity contribution in [2.24, 2.45) is 11.8 Å². The molecule has 29 heavy (non-hydrogen) atoms. The van der Waals surface area contributed by atoms with Gasteiger partial charge in [-0.2, -0.15) is 0 Å². The number of ketones is 1. The maximum absolute atomic E-state index is 12.3. The van der Waals surface area contributed by atoms with E-state index in [0.29, 0.717) is 19.6 Å². The molecule has 5 nitrogen and oxygen atoms in total. The predicted molar refractivity (Wildman–Crippen MR) is 114 cm³/mol. The second-order valence-corrected chi connectivity index (χ2v) is 8.34. The molecule has 0 spiro atoms. The number of aliphatic carboxylic acids is 1. The number of unbranched alkanes of at least 4 members (excludes halogenated alkanes) is 5. The Kier molecular flexibility index (Phi) is 10.6. The number of carboxylic acids is 1. The smallest absolute Gasteiger partial charge is 0.303 e. The van der Waals surface area contributed by atoms with Crippen molar-refractivity contribution in [3.8, 4) is 0 Å². The first-order valence-electron chi connectivity index (χ1n) is 11.4. The Balaban J connectivity index is 1.77. The van der Waals surface area contributed by atoms with E-state index in [1.54, 1.807) is 6.08 Å². The van der Waals surface area contributed by atoms with E-state index in [-0.39, 0.29) is 24.0 Å². The van der Waals surface area contributed by atoms with Crippen molar-refractivity contribution in [2.75, 3.05) is 13.2 Å². The number of ether oxygens (including phenoxy) is 2. The molecule has 164 valence electrons. The summed E-state index contributed by atoms with van der Waals surface area (Å²) in [6.07, 6.45) is 18.9. The van der Waals surface area contributed by atoms with Crippen LogP contribution in [0.5, 0.6) is 0 Å². The lowest BCUT2D eigenvalue weighted by Crippen LogP contribution is -2.31. The zero-order valence-corrected chi connectivity index (χ0v) is 17.9. The lowest BCUT2D eigenvalue weighted by atomic mass is 9.86. The van der Waals surface area contributed by atoms with Crippen molar-refractivity contribution >= 4 is 11.8 Å². The SMILES string of the molecule is CCCCCCCC1(CC[C@H]2C=CC(=O)[C@@H]2C/C=C\CCCC(=O)O)OCCO1. The normalized spacial score (nSPS) is 23.4. The Morgan fingerprint density at radius 1 is 1.14 bits per heavy atom. The van der Waals surface area contributed by atoms with Crippen molar-refractivity contribution in [1.29, 1.82) is 0 Å². The van der Waals surface area contributed by atoms with Gasteiger partial charge in [0.1, 0.15) is 0 Å². The average Bonchev–Trinajstić information content (AvgIpc) is 3.30. The molecule has 0 radical (unpaired) electrons. The Hall–Kier alpha value is -1.46. The van der Waals surface area contributed by atoms with Gasteiger partial charge in [-0.15, -0.1) is 0 Å². The minimum atomic E-state index is -0.760. The molecule has 1 aliphatic carbocycles. The number of hydrogen-bond donors (Lipinski definition) is 1. The summed E-state index contributed by atoms with van der Waals surface area (Å²) in [5.41, 5.74) is 0. The van der Waals surface area contributed by atoms with Gasteiger partial charge < -0.3 is 14.6 Å². The first-order valence-corrected chi connectivity index (χ1v) is 11.4. The topological polar surface area (TPSA) is 72.8 Å². The fourth-order valence-electron chi connectivity index (χ4n) is 4.30. The highest BCUT2D eigenvalue weighted by Crippen LogP contribution is 2.36. The first-order chi connectivity index (χ1) is 14.1. The van der Waals surface area contributed by atoms with E-state index in [9.17, 15) is 9.59 Å². The Bertz CT molecular complexity index is 560. The molecule has 0 aromatic heterocycles. The predicted octanol–water partition coefficient (Wildman–Crippen LogP) is 5.44. The molecule has 0 unspecified atom stereocenters. The monoisotopic (exact) mass is 406 g/mol. The Morgan fingerprint density at radius 2 is 1.90 bits per heavy atom. The molecule has 0 amide bonds. The van der Waals surface area contributed by atoms with Gasteiger partial charge in [-0.25, -0.2) is 0 Å². The Labute approximate surface area is 175 Å². The van der Waals surface area contributed by atoms with Crippen molar-refractivity contribution < 1.29 is 24.2 Å². The quantitative estimate of drug-likeness (QED) is 0.289. The van der Waals surface area contributed by atoms with Crippen LogP contribution in [-0.4, -0.2) is 35.9 Å². The van der Waals surface area contributed by atoms with Gasteiger partial charge >= 0.3 is 5.97 Å². The molecule has 2 aliphatic rings. The van der Waals surface area contributed by atoms with E-state index in [4.69, 9.17) is 14.6 Å². The first kappa shape index (κ1) is 23.8. The highest BCUT2D eigenvalue weighted by molar-refractivity contribution is 5.94. The number of allylic oxidation sites excluding steroid dienone is 4. The van der Waals surface area contributed by atoms with Crippen molar-refractivity contribution in [3.63, 3.8) is 0 Å². The van der Waals surface area contributed by atoms with E-state index in [2.05, 4.69) is 13.0 Å². The third kappa shape index (κ3) is 8.43. The van der Waals surface area contributed by atoms with E-state index in [0.717, 1.165) is 38.5 Å². The summed E-state index contributed by atoms with van der Waals surface area (Å²) < 4.78 is 12.0. The van der Waals surface area contributed by atoms with E-state index < -0.39 is 11.8 Å². The van der Waals surface area contributed by atoms with Gasteiger partial charge in [0.15, 0.2) is 11.6 Å². The molecule has 1 heterocycles. The number of rotatable bonds is 15. The molecule has 1 fully saturated rings. The lowest BCUT2D eigenvalue weighted by molar-refractivity contribution is -0.170. The van der Waals surface area contributed by atoms with Crippen LogP contribution in [0.1, 0.15) is 84.0 Å². The second kappa shape index (κ2) is 13.0. The third-order valence-electron chi connectivity index (χ3n) is 6.04. The van der Waals surface area contributed by atoms with Crippen LogP contribution in [0.15, 0.2) is 24.3 Å². The minimum Gasteiger partial charge on any atom is -0.481 e. The molecule has 5 heteroatoms. The zero-order chi connectivity index (χ0) is 21.0. The van der Waals surface area contributed by atoms with Crippen LogP contribution in [0.3, 0.4) is 0 Å². The number of carboxylic acid groups (broad SMARTS) is 1. The molecule has 2 atom stereocenters. The van der Waals surface area contributed by atoms with Crippen LogP contribution in [-0.2, 0) is 19.1 Å². The molecule has 0 bridgehead atoms. The van der Waals surface area contributed by atoms with Gasteiger partial charge in [0.05, 0.1) is 13.2 Å². The molecular formula is C24H38O5. The van der Waals surface area contributed by atoms with Crippen LogP contribution < -0.4 is 0 Å². The van der Waals surface area contributed by atoms with Crippen LogP contribution in [0.25, 0.3) is 0 Å². The maximum Gasteiger partial charge on any atom is 0.303 e. The summed E-state index contributed by atoms with van der Waals surface area (Å²) in [6, 6.07) is 0. The number of carbonyl (C=O) groups excluding carboxylic acids is 1. The van der Waals surface area contributed by atoms with E-state index in [1.807, 2.05) is 12.2 Å². The molecule has 0 aromatic rings. The van der Waals surface area contributed by atoms with Crippen LogP contribution >= 0.6 is 0 Å². The summed E-state index contributed by atoms with van der Waals surface area (Å²) in [5, 5.41) is 8.68. The van der Waals surface area contributed by atoms with Crippen molar-refractivity contribution in [3.05, 3.63) is 24.3 Å². The molecule has 0 saturated carbocycles. The number of carbonyl (C=O) groups is 2. The standard InChI is InChI=1S/C24H38O5/c1-2-3-4-7-10-16-24(28-18-19-29-24)17-15-20-13-14-22(25)21(20)11-8-5-6-9-12-23(26)27/h5,8,13-14,20-21H,2-4,6-7,9-12,15-19H2,1H3,(H,26,27)/b8-5-/t20-,21-/m1/s1. The van der Waals surface area contributed by atoms with Crippen LogP contribution in [0, 0.1) is 11.8 Å². The molecule has 2 rings (SSSR count). The Morgan fingerprint density at radius 3 is 2.62 bits per heavy atom. The number of hydrogen-bond acceptors (Lipinski definition) is 4. The minimum absolute atomic E-state index is 0.00580.